The van der Waals surface area contributed by atoms with Gasteiger partial charge in [-0.25, -0.2) is 9.13 Å². The molecule has 0 aromatic carbocycles. The predicted octanol–water partition coefficient (Wildman–Crippen LogP) is 17.7. The normalized spacial score (nSPS) is 14.4. The molecule has 2 unspecified atom stereocenters. The van der Waals surface area contributed by atoms with Crippen LogP contribution in [0.2, 0.25) is 0 Å². The minimum absolute atomic E-state index is 0.0849. The van der Waals surface area contributed by atoms with Gasteiger partial charge in [-0.1, -0.05) is 252 Å². The van der Waals surface area contributed by atoms with Crippen molar-refractivity contribution < 1.29 is 80.2 Å². The highest BCUT2D eigenvalue weighted by Gasteiger charge is 2.30. The van der Waals surface area contributed by atoms with Gasteiger partial charge in [0.25, 0.3) is 0 Å². The Morgan fingerprint density at radius 3 is 0.976 bits per heavy atom. The zero-order chi connectivity index (χ0) is 62.0. The summed E-state index contributed by atoms with van der Waals surface area (Å²) < 4.78 is 67.8. The van der Waals surface area contributed by atoms with Crippen molar-refractivity contribution >= 4 is 39.5 Å². The maximum atomic E-state index is 13.0. The maximum Gasteiger partial charge on any atom is 0.472 e. The lowest BCUT2D eigenvalue weighted by molar-refractivity contribution is -0.161. The van der Waals surface area contributed by atoms with Crippen molar-refractivity contribution in [2.75, 3.05) is 39.6 Å². The molecule has 0 aliphatic rings. The van der Waals surface area contributed by atoms with Crippen LogP contribution in [0.5, 0.6) is 0 Å². The second-order valence-corrected chi connectivity index (χ2v) is 26.2. The van der Waals surface area contributed by atoms with Crippen molar-refractivity contribution in [2.24, 2.45) is 5.92 Å². The number of rotatable bonds is 63. The highest BCUT2D eigenvalue weighted by molar-refractivity contribution is 7.47. The van der Waals surface area contributed by atoms with Crippen LogP contribution in [-0.4, -0.2) is 96.7 Å². The van der Waals surface area contributed by atoms with Crippen LogP contribution in [0.3, 0.4) is 0 Å². The lowest BCUT2D eigenvalue weighted by Gasteiger charge is -2.21. The highest BCUT2D eigenvalue weighted by Crippen LogP contribution is 2.45. The largest absolute Gasteiger partial charge is 0.472 e. The quantitative estimate of drug-likeness (QED) is 0.0169. The number of allylic oxidation sites excluding steroid dienone is 4. The molecule has 17 nitrogen and oxygen atoms in total. The van der Waals surface area contributed by atoms with Crippen molar-refractivity contribution in [3.63, 3.8) is 0 Å². The number of aliphatic hydroxyl groups excluding tert-OH is 1. The number of hydrogen-bond donors (Lipinski definition) is 3. The van der Waals surface area contributed by atoms with E-state index < -0.39 is 97.5 Å². The van der Waals surface area contributed by atoms with E-state index in [4.69, 9.17) is 37.0 Å². The Labute approximate surface area is 510 Å². The van der Waals surface area contributed by atoms with Gasteiger partial charge in [-0.3, -0.25) is 37.3 Å². The van der Waals surface area contributed by atoms with E-state index in [0.29, 0.717) is 25.7 Å². The van der Waals surface area contributed by atoms with Gasteiger partial charge in [-0.2, -0.15) is 0 Å². The van der Waals surface area contributed by atoms with E-state index in [1.165, 1.54) is 96.3 Å². The Kier molecular flexibility index (Phi) is 56.5. The summed E-state index contributed by atoms with van der Waals surface area (Å²) >= 11 is 0. The monoisotopic (exact) mass is 1240 g/mol. The van der Waals surface area contributed by atoms with E-state index in [2.05, 4.69) is 58.9 Å². The fourth-order valence-corrected chi connectivity index (χ4v) is 10.8. The number of phosphoric acid groups is 2. The summed E-state index contributed by atoms with van der Waals surface area (Å²) in [6.45, 7) is 7.07. The molecule has 0 spiro atoms. The molecule has 0 aromatic rings. The molecule has 0 amide bonds. The molecule has 0 saturated carbocycles. The van der Waals surface area contributed by atoms with Crippen LogP contribution in [-0.2, 0) is 65.4 Å². The van der Waals surface area contributed by atoms with Crippen molar-refractivity contribution in [1.82, 2.24) is 0 Å². The molecule has 5 atom stereocenters. The summed E-state index contributed by atoms with van der Waals surface area (Å²) in [5.74, 6) is -1.40. The third-order valence-corrected chi connectivity index (χ3v) is 16.3. The predicted molar refractivity (Wildman–Crippen MR) is 335 cm³/mol. The van der Waals surface area contributed by atoms with Crippen LogP contribution in [0.15, 0.2) is 24.3 Å². The number of esters is 4. The number of phosphoric ester groups is 2. The number of unbranched alkanes of at least 4 members (excludes halogenated alkanes) is 32. The number of carbonyl (C=O) groups is 4. The van der Waals surface area contributed by atoms with Gasteiger partial charge >= 0.3 is 39.5 Å². The summed E-state index contributed by atoms with van der Waals surface area (Å²) in [5, 5.41) is 10.5. The fraction of sp³-hybridized carbons (Fsp3) is 0.877. The van der Waals surface area contributed by atoms with Crippen LogP contribution in [0.25, 0.3) is 0 Å². The minimum atomic E-state index is -4.95. The second-order valence-electron chi connectivity index (χ2n) is 23.3. The van der Waals surface area contributed by atoms with Gasteiger partial charge in [0, 0.05) is 25.7 Å². The molecule has 19 heteroatoms. The van der Waals surface area contributed by atoms with Crippen LogP contribution in [0, 0.1) is 5.92 Å². The molecule has 0 saturated heterocycles. The van der Waals surface area contributed by atoms with Gasteiger partial charge in [0.2, 0.25) is 0 Å². The van der Waals surface area contributed by atoms with Crippen molar-refractivity contribution in [2.45, 2.75) is 323 Å². The highest BCUT2D eigenvalue weighted by atomic mass is 31.2. The molecule has 0 bridgehead atoms. The number of ether oxygens (including phenoxy) is 4. The fourth-order valence-electron chi connectivity index (χ4n) is 9.22. The number of hydrogen-bond acceptors (Lipinski definition) is 15. The Morgan fingerprint density at radius 2 is 0.643 bits per heavy atom. The Balaban J connectivity index is 5.23. The third-order valence-electron chi connectivity index (χ3n) is 14.4. The van der Waals surface area contributed by atoms with E-state index in [1.807, 2.05) is 0 Å². The summed E-state index contributed by atoms with van der Waals surface area (Å²) in [5.41, 5.74) is 0. The zero-order valence-corrected chi connectivity index (χ0v) is 55.3. The smallest absolute Gasteiger partial charge is 0.462 e. The van der Waals surface area contributed by atoms with Gasteiger partial charge in [0.1, 0.15) is 19.3 Å². The Bertz CT molecular complexity index is 1730. The SMILES string of the molecule is CCCCCC/C=C\C=C/CCCCCCCC(=O)O[C@H](COC(=O)CCCCCCCCCCCCCC(C)C)COP(=O)(O)OC[C@@H](O)COP(=O)(O)OC[C@@H](COC(=O)CCCCCCCCC)OC(=O)CCCCCCCCCC. The van der Waals surface area contributed by atoms with Gasteiger partial charge in [-0.05, 0) is 57.3 Å². The standard InChI is InChI=1S/C65H122O17P2/c1-6-9-12-15-18-20-21-22-23-24-27-31-36-41-46-51-65(70)82-61(55-76-63(68)49-44-39-35-30-28-25-26-29-33-37-42-47-58(4)5)57-80-84(73,74)78-53-59(66)52-77-83(71,72)79-56-60(54-75-62(67)48-43-38-32-17-14-11-8-3)81-64(69)50-45-40-34-19-16-13-10-7-2/h20-23,58-61,66H,6-19,24-57H2,1-5H3,(H,71,72)(H,73,74)/b21-20-,23-22-/t59-,60+,61+/m0/s1. The summed E-state index contributed by atoms with van der Waals surface area (Å²) in [4.78, 5) is 72.0. The van der Waals surface area contributed by atoms with Gasteiger partial charge in [0.15, 0.2) is 12.2 Å². The van der Waals surface area contributed by atoms with E-state index >= 15 is 0 Å². The molecular formula is C65H122O17P2. The second kappa shape index (κ2) is 58.2. The maximum absolute atomic E-state index is 13.0. The van der Waals surface area contributed by atoms with E-state index in [1.54, 1.807) is 0 Å². The van der Waals surface area contributed by atoms with Crippen molar-refractivity contribution in [3.05, 3.63) is 24.3 Å². The Morgan fingerprint density at radius 1 is 0.369 bits per heavy atom. The van der Waals surface area contributed by atoms with Crippen molar-refractivity contribution in [3.8, 4) is 0 Å². The average Bonchev–Trinajstić information content (AvgIpc) is 3.60. The first-order chi connectivity index (χ1) is 40.5. The topological polar surface area (TPSA) is 237 Å². The summed E-state index contributed by atoms with van der Waals surface area (Å²) in [7, 11) is -9.89. The molecule has 0 heterocycles. The molecule has 84 heavy (non-hydrogen) atoms. The first-order valence-electron chi connectivity index (χ1n) is 33.5. The third kappa shape index (κ3) is 58.6. The molecule has 0 radical (unpaired) electrons. The molecule has 0 rings (SSSR count). The molecule has 0 aliphatic heterocycles. The number of aliphatic hydroxyl groups is 1. The van der Waals surface area contributed by atoms with Crippen LogP contribution in [0.1, 0.15) is 304 Å². The first kappa shape index (κ1) is 81.5. The minimum Gasteiger partial charge on any atom is -0.462 e. The number of carbonyl (C=O) groups excluding carboxylic acids is 4. The summed E-state index contributed by atoms with van der Waals surface area (Å²) in [6.07, 6.45) is 45.4. The van der Waals surface area contributed by atoms with Gasteiger partial charge in [-0.15, -0.1) is 0 Å². The lowest BCUT2D eigenvalue weighted by atomic mass is 10.0. The molecule has 0 fully saturated rings. The van der Waals surface area contributed by atoms with E-state index in [9.17, 15) is 43.2 Å². The molecule has 494 valence electrons. The van der Waals surface area contributed by atoms with Crippen LogP contribution >= 0.6 is 15.6 Å². The van der Waals surface area contributed by atoms with Gasteiger partial charge in [0.05, 0.1) is 26.4 Å². The Hall–Kier alpha value is -2.46. The molecular weight excluding hydrogens is 1110 g/mol. The first-order valence-corrected chi connectivity index (χ1v) is 36.4. The molecule has 0 aromatic heterocycles. The van der Waals surface area contributed by atoms with Gasteiger partial charge < -0.3 is 33.8 Å². The van der Waals surface area contributed by atoms with Crippen LogP contribution < -0.4 is 0 Å². The summed E-state index contributed by atoms with van der Waals surface area (Å²) in [6, 6.07) is 0. The average molecular weight is 1240 g/mol. The lowest BCUT2D eigenvalue weighted by Crippen LogP contribution is -2.30. The van der Waals surface area contributed by atoms with E-state index in [-0.39, 0.29) is 25.7 Å². The van der Waals surface area contributed by atoms with Crippen molar-refractivity contribution in [1.29, 1.82) is 0 Å². The molecule has 0 aliphatic carbocycles. The van der Waals surface area contributed by atoms with E-state index in [0.717, 1.165) is 128 Å². The zero-order valence-electron chi connectivity index (χ0n) is 53.5. The van der Waals surface area contributed by atoms with Crippen LogP contribution in [0.4, 0.5) is 0 Å². The molecule has 3 N–H and O–H groups in total.